The first-order chi connectivity index (χ1) is 13.8. The van der Waals surface area contributed by atoms with Crippen molar-refractivity contribution >= 4 is 30.7 Å². The Morgan fingerprint density at radius 3 is 2.63 bits per heavy atom. The summed E-state index contributed by atoms with van der Waals surface area (Å²) < 4.78 is 1.86. The Morgan fingerprint density at radius 2 is 1.87 bits per heavy atom. The number of aromatic nitrogens is 3. The number of hydrogen-bond donors (Lipinski definition) is 2. The van der Waals surface area contributed by atoms with E-state index >= 15 is 0 Å². The smallest absolute Gasteiger partial charge is 0.273 e. The molecule has 2 N–H and O–H groups in total. The van der Waals surface area contributed by atoms with E-state index in [9.17, 15) is 4.79 Å². The van der Waals surface area contributed by atoms with Crippen molar-refractivity contribution < 1.29 is 4.79 Å². The summed E-state index contributed by atoms with van der Waals surface area (Å²) in [6, 6.07) is 11.3. The van der Waals surface area contributed by atoms with Gasteiger partial charge in [0.2, 0.25) is 0 Å². The van der Waals surface area contributed by atoms with Crippen LogP contribution in [0.4, 0.5) is 0 Å². The van der Waals surface area contributed by atoms with Crippen molar-refractivity contribution in [3.05, 3.63) is 47.8 Å². The average Bonchev–Trinajstić information content (AvgIpc) is 3.25. The lowest BCUT2D eigenvalue weighted by Gasteiger charge is -2.35. The summed E-state index contributed by atoms with van der Waals surface area (Å²) in [5, 5.41) is 14.7. The molecule has 0 aliphatic carbocycles. The molecule has 2 aromatic rings. The highest BCUT2D eigenvalue weighted by molar-refractivity contribution is 5.91. The van der Waals surface area contributed by atoms with Gasteiger partial charge in [0.1, 0.15) is 0 Å². The van der Waals surface area contributed by atoms with Gasteiger partial charge in [-0.1, -0.05) is 42.0 Å². The predicted molar refractivity (Wildman–Crippen MR) is 122 cm³/mol. The molecule has 2 saturated heterocycles. The van der Waals surface area contributed by atoms with Gasteiger partial charge in [0.15, 0.2) is 5.69 Å². The van der Waals surface area contributed by atoms with Crippen LogP contribution in [-0.2, 0) is 6.54 Å². The molecule has 2 aliphatic heterocycles. The van der Waals surface area contributed by atoms with Crippen LogP contribution in [0.25, 0.3) is 0 Å². The van der Waals surface area contributed by atoms with Crippen molar-refractivity contribution in [3.63, 3.8) is 0 Å². The summed E-state index contributed by atoms with van der Waals surface area (Å²) in [6.07, 6.45) is 7.42. The molecule has 1 unspecified atom stereocenters. The van der Waals surface area contributed by atoms with Crippen LogP contribution >= 0.6 is 24.8 Å². The van der Waals surface area contributed by atoms with Crippen molar-refractivity contribution in [1.29, 1.82) is 0 Å². The summed E-state index contributed by atoms with van der Waals surface area (Å²) in [5.41, 5.74) is 1.74. The van der Waals surface area contributed by atoms with Gasteiger partial charge in [-0.25, -0.2) is 4.68 Å². The van der Waals surface area contributed by atoms with Crippen LogP contribution in [0.15, 0.2) is 36.5 Å². The quantitative estimate of drug-likeness (QED) is 0.701. The van der Waals surface area contributed by atoms with Gasteiger partial charge in [-0.05, 0) is 50.9 Å². The van der Waals surface area contributed by atoms with Gasteiger partial charge in [0.05, 0.1) is 12.2 Å². The molecule has 0 bridgehead atoms. The van der Waals surface area contributed by atoms with E-state index in [0.717, 1.165) is 45.4 Å². The number of nitrogens with zero attached hydrogens (tertiary/aromatic N) is 4. The first kappa shape index (κ1) is 24.6. The van der Waals surface area contributed by atoms with Crippen LogP contribution in [0.3, 0.4) is 0 Å². The van der Waals surface area contributed by atoms with Gasteiger partial charge in [0.25, 0.3) is 5.91 Å². The van der Waals surface area contributed by atoms with Crippen LogP contribution in [0.2, 0.25) is 0 Å². The number of piperidine rings is 2. The number of likely N-dealkylation sites (tertiary alicyclic amines) is 1. The lowest BCUT2D eigenvalue weighted by molar-refractivity contribution is 0.0902. The summed E-state index contributed by atoms with van der Waals surface area (Å²) in [7, 11) is 0. The van der Waals surface area contributed by atoms with Gasteiger partial charge in [-0.15, -0.1) is 29.9 Å². The van der Waals surface area contributed by atoms with Gasteiger partial charge in [-0.2, -0.15) is 0 Å². The zero-order valence-corrected chi connectivity index (χ0v) is 18.8. The fourth-order valence-electron chi connectivity index (χ4n) is 4.25. The minimum absolute atomic E-state index is 0. The number of halogens is 2. The van der Waals surface area contributed by atoms with Crippen molar-refractivity contribution in [2.75, 3.05) is 26.2 Å². The molecular formula is C21H32Cl2N6O. The third-order valence-electron chi connectivity index (χ3n) is 5.90. The SMILES string of the molecule is Cl.Cl.O=C(NCC1CCCCN1Cc1ccccc1)c1cn(C2CCNCC2)nn1. The molecule has 0 spiro atoms. The molecular weight excluding hydrogens is 423 g/mol. The summed E-state index contributed by atoms with van der Waals surface area (Å²) in [6.45, 7) is 4.66. The van der Waals surface area contributed by atoms with Gasteiger partial charge in [0, 0.05) is 19.1 Å². The normalized spacial score (nSPS) is 20.1. The highest BCUT2D eigenvalue weighted by Crippen LogP contribution is 2.20. The zero-order valence-electron chi connectivity index (χ0n) is 17.2. The number of rotatable bonds is 6. The highest BCUT2D eigenvalue weighted by atomic mass is 35.5. The first-order valence-corrected chi connectivity index (χ1v) is 10.5. The van der Waals surface area contributed by atoms with Gasteiger partial charge < -0.3 is 10.6 Å². The molecule has 1 atom stereocenters. The largest absolute Gasteiger partial charge is 0.349 e. The summed E-state index contributed by atoms with van der Waals surface area (Å²) in [5.74, 6) is -0.120. The average molecular weight is 455 g/mol. The second-order valence-corrected chi connectivity index (χ2v) is 7.88. The van der Waals surface area contributed by atoms with E-state index in [1.807, 2.05) is 4.68 Å². The Morgan fingerprint density at radius 1 is 1.10 bits per heavy atom. The monoisotopic (exact) mass is 454 g/mol. The molecule has 0 radical (unpaired) electrons. The van der Waals surface area contributed by atoms with E-state index in [0.29, 0.717) is 24.3 Å². The van der Waals surface area contributed by atoms with Crippen LogP contribution in [0, 0.1) is 0 Å². The lowest BCUT2D eigenvalue weighted by atomic mass is 10.0. The maximum absolute atomic E-state index is 12.6. The molecule has 1 aromatic heterocycles. The number of amides is 1. The van der Waals surface area contributed by atoms with E-state index in [1.165, 1.54) is 18.4 Å². The molecule has 4 rings (SSSR count). The van der Waals surface area contributed by atoms with Crippen LogP contribution in [0.5, 0.6) is 0 Å². The standard InChI is InChI=1S/C21H30N6O.2ClH/c28-21(20-16-27(25-24-20)18-9-11-22-12-10-18)23-14-19-8-4-5-13-26(19)15-17-6-2-1-3-7-17;;/h1-3,6-7,16,18-19,22H,4-5,8-15H2,(H,23,28);2*1H. The number of carbonyl (C=O) groups excluding carboxylic acids is 1. The third kappa shape index (κ3) is 6.41. The molecule has 166 valence electrons. The Balaban J connectivity index is 0.00000160. The highest BCUT2D eigenvalue weighted by Gasteiger charge is 2.24. The van der Waals surface area contributed by atoms with E-state index in [-0.39, 0.29) is 30.7 Å². The van der Waals surface area contributed by atoms with Crippen molar-refractivity contribution in [1.82, 2.24) is 30.5 Å². The molecule has 1 amide bonds. The molecule has 2 aliphatic rings. The van der Waals surface area contributed by atoms with Gasteiger partial charge in [-0.3, -0.25) is 9.69 Å². The summed E-state index contributed by atoms with van der Waals surface area (Å²) >= 11 is 0. The molecule has 30 heavy (non-hydrogen) atoms. The molecule has 3 heterocycles. The minimum atomic E-state index is -0.120. The Hall–Kier alpha value is -1.67. The van der Waals surface area contributed by atoms with E-state index in [1.54, 1.807) is 6.20 Å². The first-order valence-electron chi connectivity index (χ1n) is 10.5. The fraction of sp³-hybridized carbons (Fsp3) is 0.571. The van der Waals surface area contributed by atoms with Crippen LogP contribution in [-0.4, -0.2) is 58.0 Å². The van der Waals surface area contributed by atoms with Gasteiger partial charge >= 0.3 is 0 Å². The molecule has 7 nitrogen and oxygen atoms in total. The Bertz CT molecular complexity index is 766. The minimum Gasteiger partial charge on any atom is -0.349 e. The van der Waals surface area contributed by atoms with E-state index < -0.39 is 0 Å². The maximum Gasteiger partial charge on any atom is 0.273 e. The fourth-order valence-corrected chi connectivity index (χ4v) is 4.25. The number of hydrogen-bond acceptors (Lipinski definition) is 5. The number of nitrogens with one attached hydrogen (secondary N) is 2. The maximum atomic E-state index is 12.6. The number of benzene rings is 1. The second kappa shape index (κ2) is 12.2. The van der Waals surface area contributed by atoms with Crippen molar-refractivity contribution in [2.24, 2.45) is 0 Å². The van der Waals surface area contributed by atoms with E-state index in [2.05, 4.69) is 56.2 Å². The Kier molecular flexibility index (Phi) is 10.0. The third-order valence-corrected chi connectivity index (χ3v) is 5.90. The zero-order chi connectivity index (χ0) is 19.2. The van der Waals surface area contributed by atoms with Crippen molar-refractivity contribution in [3.8, 4) is 0 Å². The topological polar surface area (TPSA) is 75.1 Å². The molecule has 1 aromatic carbocycles. The predicted octanol–water partition coefficient (Wildman–Crippen LogP) is 2.83. The van der Waals surface area contributed by atoms with Crippen LogP contribution in [0.1, 0.15) is 54.2 Å². The van der Waals surface area contributed by atoms with E-state index in [4.69, 9.17) is 0 Å². The van der Waals surface area contributed by atoms with Crippen LogP contribution < -0.4 is 10.6 Å². The Labute approximate surface area is 190 Å². The molecule has 2 fully saturated rings. The van der Waals surface area contributed by atoms with Crippen molar-refractivity contribution in [2.45, 2.75) is 50.7 Å². The summed E-state index contributed by atoms with van der Waals surface area (Å²) in [4.78, 5) is 15.1. The second-order valence-electron chi connectivity index (χ2n) is 7.88. The number of carbonyl (C=O) groups is 1. The molecule has 0 saturated carbocycles. The lowest BCUT2D eigenvalue weighted by Crippen LogP contribution is -2.46. The molecule has 9 heteroatoms.